The predicted molar refractivity (Wildman–Crippen MR) is 103 cm³/mol. The summed E-state index contributed by atoms with van der Waals surface area (Å²) in [6, 6.07) is 3.12. The van der Waals surface area contributed by atoms with Gasteiger partial charge in [-0.25, -0.2) is 9.37 Å². The Kier molecular flexibility index (Phi) is 8.69. The van der Waals surface area contributed by atoms with Crippen molar-refractivity contribution in [3.63, 3.8) is 0 Å². The van der Waals surface area contributed by atoms with Crippen LogP contribution in [-0.2, 0) is 16.1 Å². The summed E-state index contributed by atoms with van der Waals surface area (Å²) in [6.45, 7) is 0.610. The fraction of sp³-hybridized carbons (Fsp3) is 0.389. The van der Waals surface area contributed by atoms with Gasteiger partial charge < -0.3 is 20.8 Å². The van der Waals surface area contributed by atoms with Gasteiger partial charge in [0, 0.05) is 17.5 Å². The third-order valence-corrected chi connectivity index (χ3v) is 4.73. The Bertz CT molecular complexity index is 867. The van der Waals surface area contributed by atoms with Gasteiger partial charge in [-0.05, 0) is 31.0 Å². The Hall–Kier alpha value is -3.05. The molecule has 2 amide bonds. The van der Waals surface area contributed by atoms with E-state index in [0.29, 0.717) is 13.1 Å². The first-order valence-corrected chi connectivity index (χ1v) is 9.35. The van der Waals surface area contributed by atoms with Crippen molar-refractivity contribution in [3.05, 3.63) is 47.3 Å². The Balaban J connectivity index is 0.00000101. The van der Waals surface area contributed by atoms with E-state index >= 15 is 0 Å². The first-order chi connectivity index (χ1) is 14.3. The van der Waals surface area contributed by atoms with Gasteiger partial charge in [0.25, 0.3) is 12.4 Å². The summed E-state index contributed by atoms with van der Waals surface area (Å²) in [5.41, 5.74) is -0.160. The van der Waals surface area contributed by atoms with Crippen molar-refractivity contribution in [2.75, 3.05) is 6.54 Å². The fourth-order valence-electron chi connectivity index (χ4n) is 3.09. The van der Waals surface area contributed by atoms with Gasteiger partial charge in [0.05, 0.1) is 24.3 Å². The van der Waals surface area contributed by atoms with Crippen LogP contribution in [0, 0.1) is 11.7 Å². The van der Waals surface area contributed by atoms with Crippen LogP contribution in [0.2, 0.25) is 5.02 Å². The number of halogens is 2. The topological polar surface area (TPSA) is 146 Å². The summed E-state index contributed by atoms with van der Waals surface area (Å²) < 4.78 is 15.4. The van der Waals surface area contributed by atoms with E-state index in [4.69, 9.17) is 21.5 Å². The van der Waals surface area contributed by atoms with Crippen LogP contribution in [0.25, 0.3) is 0 Å². The quantitative estimate of drug-likeness (QED) is 0.476. The molecule has 1 aromatic heterocycles. The first kappa shape index (κ1) is 23.2. The molecule has 1 aliphatic rings. The molecule has 4 N–H and O–H groups in total. The molecule has 0 unspecified atom stereocenters. The minimum atomic E-state index is -0.879. The number of hydrogen-bond donors (Lipinski definition) is 4. The van der Waals surface area contributed by atoms with Gasteiger partial charge in [-0.2, -0.15) is 5.10 Å². The lowest BCUT2D eigenvalue weighted by Gasteiger charge is -2.16. The minimum absolute atomic E-state index is 0.160. The summed E-state index contributed by atoms with van der Waals surface area (Å²) in [7, 11) is 0. The number of amides is 2. The molecule has 2 aromatic rings. The van der Waals surface area contributed by atoms with Crippen LogP contribution in [0.3, 0.4) is 0 Å². The standard InChI is InChI=1S/C17H19ClFN5O3.CH2O2/c18-11-1-2-12(13(19)7-11)17(27)23-14-5-10(6-15(14)25)16(26)21-3-4-24-9-20-8-22-24;2-1-3/h1-2,7-10,14-15,25H,3-6H2,(H,21,26)(H,23,27);1H,(H,2,3)/t10-,14-,15-;/m0./s1. The third-order valence-electron chi connectivity index (χ3n) is 4.50. The molecule has 30 heavy (non-hydrogen) atoms. The number of hydrogen-bond acceptors (Lipinski definition) is 6. The molecule has 0 aliphatic heterocycles. The van der Waals surface area contributed by atoms with Crippen molar-refractivity contribution >= 4 is 29.9 Å². The van der Waals surface area contributed by atoms with E-state index in [1.54, 1.807) is 11.0 Å². The van der Waals surface area contributed by atoms with Crippen LogP contribution in [0.4, 0.5) is 4.39 Å². The van der Waals surface area contributed by atoms with Gasteiger partial charge in [-0.15, -0.1) is 0 Å². The lowest BCUT2D eigenvalue weighted by atomic mass is 10.1. The Labute approximate surface area is 176 Å². The molecule has 12 heteroatoms. The number of nitrogens with one attached hydrogen (secondary N) is 2. The second-order valence-electron chi connectivity index (χ2n) is 6.49. The van der Waals surface area contributed by atoms with Gasteiger partial charge in [0.15, 0.2) is 0 Å². The van der Waals surface area contributed by atoms with Crippen molar-refractivity contribution in [2.45, 2.75) is 31.5 Å². The number of carboxylic acid groups (broad SMARTS) is 1. The summed E-state index contributed by atoms with van der Waals surface area (Å²) >= 11 is 5.68. The highest BCUT2D eigenvalue weighted by molar-refractivity contribution is 6.30. The maximum Gasteiger partial charge on any atom is 0.290 e. The average Bonchev–Trinajstić information content (AvgIpc) is 3.32. The normalized spacial score (nSPS) is 20.0. The van der Waals surface area contributed by atoms with Crippen molar-refractivity contribution in [3.8, 4) is 0 Å². The maximum atomic E-state index is 13.8. The lowest BCUT2D eigenvalue weighted by Crippen LogP contribution is -2.40. The summed E-state index contributed by atoms with van der Waals surface area (Å²) in [4.78, 5) is 36.7. The molecule has 3 atom stereocenters. The van der Waals surface area contributed by atoms with Gasteiger partial charge in [0.2, 0.25) is 5.91 Å². The number of nitrogens with zero attached hydrogens (tertiary/aromatic N) is 3. The number of rotatable bonds is 6. The Morgan fingerprint density at radius 1 is 1.37 bits per heavy atom. The maximum absolute atomic E-state index is 13.8. The zero-order chi connectivity index (χ0) is 22.1. The Morgan fingerprint density at radius 2 is 2.10 bits per heavy atom. The zero-order valence-electron chi connectivity index (χ0n) is 15.7. The van der Waals surface area contributed by atoms with E-state index in [2.05, 4.69) is 20.7 Å². The fourth-order valence-corrected chi connectivity index (χ4v) is 3.25. The first-order valence-electron chi connectivity index (χ1n) is 8.97. The van der Waals surface area contributed by atoms with Crippen LogP contribution in [0.5, 0.6) is 0 Å². The number of aliphatic hydroxyl groups excluding tert-OH is 1. The summed E-state index contributed by atoms with van der Waals surface area (Å²) in [6.07, 6.45) is 2.58. The largest absolute Gasteiger partial charge is 0.483 e. The molecule has 1 heterocycles. The average molecular weight is 442 g/mol. The molecule has 1 fully saturated rings. The summed E-state index contributed by atoms with van der Waals surface area (Å²) in [5.74, 6) is -2.03. The van der Waals surface area contributed by atoms with Gasteiger partial charge in [-0.3, -0.25) is 19.1 Å². The molecule has 0 spiro atoms. The second-order valence-corrected chi connectivity index (χ2v) is 6.93. The van der Waals surface area contributed by atoms with Gasteiger partial charge in [0.1, 0.15) is 18.5 Å². The highest BCUT2D eigenvalue weighted by Crippen LogP contribution is 2.27. The molecule has 1 aromatic carbocycles. The molecular weight excluding hydrogens is 421 g/mol. The van der Waals surface area contributed by atoms with E-state index in [1.807, 2.05) is 0 Å². The molecule has 1 aliphatic carbocycles. The molecular formula is C18H21ClFN5O5. The van der Waals surface area contributed by atoms with E-state index in [-0.39, 0.29) is 35.8 Å². The van der Waals surface area contributed by atoms with Crippen molar-refractivity contribution in [2.24, 2.45) is 5.92 Å². The Morgan fingerprint density at radius 3 is 2.73 bits per heavy atom. The van der Waals surface area contributed by atoms with Crippen LogP contribution in [-0.4, -0.2) is 62.0 Å². The van der Waals surface area contributed by atoms with E-state index < -0.39 is 29.8 Å². The second kappa shape index (κ2) is 11.2. The van der Waals surface area contributed by atoms with Gasteiger partial charge >= 0.3 is 0 Å². The molecule has 0 saturated heterocycles. The number of benzene rings is 1. The SMILES string of the molecule is O=C(N[C@H]1C[C@H](C(=O)NCCn2cncn2)C[C@@H]1O)c1ccc(Cl)cc1F.O=CO. The molecule has 0 radical (unpaired) electrons. The number of aromatic nitrogens is 3. The third kappa shape index (κ3) is 6.49. The van der Waals surface area contributed by atoms with Crippen LogP contribution < -0.4 is 10.6 Å². The number of carbonyl (C=O) groups excluding carboxylic acids is 2. The number of aliphatic hydroxyl groups is 1. The van der Waals surface area contributed by atoms with E-state index in [9.17, 15) is 19.1 Å². The minimum Gasteiger partial charge on any atom is -0.483 e. The van der Waals surface area contributed by atoms with Gasteiger partial charge in [-0.1, -0.05) is 11.6 Å². The molecule has 0 bridgehead atoms. The van der Waals surface area contributed by atoms with E-state index in [1.165, 1.54) is 18.5 Å². The highest BCUT2D eigenvalue weighted by Gasteiger charge is 2.37. The molecule has 3 rings (SSSR count). The van der Waals surface area contributed by atoms with Crippen molar-refractivity contribution in [1.82, 2.24) is 25.4 Å². The molecule has 162 valence electrons. The molecule has 10 nitrogen and oxygen atoms in total. The van der Waals surface area contributed by atoms with Crippen LogP contribution >= 0.6 is 11.6 Å². The van der Waals surface area contributed by atoms with Crippen LogP contribution in [0.1, 0.15) is 23.2 Å². The lowest BCUT2D eigenvalue weighted by molar-refractivity contribution is -0.125. The summed E-state index contributed by atoms with van der Waals surface area (Å²) in [5, 5.41) is 26.5. The van der Waals surface area contributed by atoms with Crippen LogP contribution in [0.15, 0.2) is 30.9 Å². The number of carbonyl (C=O) groups is 3. The van der Waals surface area contributed by atoms with Crippen molar-refractivity contribution < 1.29 is 29.0 Å². The molecule has 1 saturated carbocycles. The predicted octanol–water partition coefficient (Wildman–Crippen LogP) is 0.457. The monoisotopic (exact) mass is 441 g/mol. The van der Waals surface area contributed by atoms with Crippen molar-refractivity contribution in [1.29, 1.82) is 0 Å². The highest BCUT2D eigenvalue weighted by atomic mass is 35.5. The smallest absolute Gasteiger partial charge is 0.290 e. The van der Waals surface area contributed by atoms with E-state index in [0.717, 1.165) is 6.07 Å². The zero-order valence-corrected chi connectivity index (χ0v) is 16.5.